The molecule has 0 spiro atoms. The first-order valence-corrected chi connectivity index (χ1v) is 11.2. The van der Waals surface area contributed by atoms with Crippen LogP contribution in [0.4, 0.5) is 5.69 Å². The second-order valence-corrected chi connectivity index (χ2v) is 8.36. The average Bonchev–Trinajstić information content (AvgIpc) is 3.10. The standard InChI is InChI=1S/C25H29N3O7/c1-5-14-35-20-15-17(8-11-19(20)34-4)22-21(24(30)25(31)27(22)13-12-26(2)3)23(29)16-6-9-18(10-7-16)28(32)33/h6-11,15,22,29H,5,12-14H2,1-4H3/b23-21-. The molecular formula is C25H29N3O7. The number of hydrogen-bond donors (Lipinski definition) is 1. The van der Waals surface area contributed by atoms with Gasteiger partial charge in [0.25, 0.3) is 17.4 Å². The fraction of sp³-hybridized carbons (Fsp3) is 0.360. The Hall–Kier alpha value is -3.92. The molecule has 10 nitrogen and oxygen atoms in total. The van der Waals surface area contributed by atoms with Gasteiger partial charge in [0, 0.05) is 30.8 Å². The van der Waals surface area contributed by atoms with Crippen LogP contribution < -0.4 is 9.47 Å². The number of carbonyl (C=O) groups excluding carboxylic acids is 2. The third-order valence-corrected chi connectivity index (χ3v) is 5.64. The molecule has 1 aliphatic rings. The molecule has 0 saturated carbocycles. The van der Waals surface area contributed by atoms with E-state index in [1.54, 1.807) is 18.2 Å². The summed E-state index contributed by atoms with van der Waals surface area (Å²) in [7, 11) is 5.23. The summed E-state index contributed by atoms with van der Waals surface area (Å²) in [6.07, 6.45) is 0.773. The molecule has 1 aliphatic heterocycles. The van der Waals surface area contributed by atoms with Crippen molar-refractivity contribution in [2.24, 2.45) is 0 Å². The van der Waals surface area contributed by atoms with Crippen molar-refractivity contribution >= 4 is 23.1 Å². The first kappa shape index (κ1) is 25.7. The first-order valence-electron chi connectivity index (χ1n) is 11.2. The van der Waals surface area contributed by atoms with Crippen molar-refractivity contribution in [1.29, 1.82) is 0 Å². The Kier molecular flexibility index (Phi) is 8.08. The number of nitro benzene ring substituents is 1. The molecule has 0 bridgehead atoms. The normalized spacial score (nSPS) is 17.2. The van der Waals surface area contributed by atoms with Gasteiger partial charge in [-0.1, -0.05) is 13.0 Å². The minimum absolute atomic E-state index is 0.0887. The molecule has 0 aromatic heterocycles. The highest BCUT2D eigenvalue weighted by Gasteiger charge is 2.46. The predicted molar refractivity (Wildman–Crippen MR) is 129 cm³/mol. The zero-order valence-corrected chi connectivity index (χ0v) is 20.2. The van der Waals surface area contributed by atoms with Crippen molar-refractivity contribution in [2.75, 3.05) is 40.9 Å². The van der Waals surface area contributed by atoms with Gasteiger partial charge in [0.2, 0.25) is 0 Å². The van der Waals surface area contributed by atoms with E-state index < -0.39 is 28.4 Å². The summed E-state index contributed by atoms with van der Waals surface area (Å²) in [5.41, 5.74) is 0.520. The fourth-order valence-electron chi connectivity index (χ4n) is 3.85. The Morgan fingerprint density at radius 1 is 1.14 bits per heavy atom. The number of ether oxygens (including phenoxy) is 2. The Morgan fingerprint density at radius 3 is 2.40 bits per heavy atom. The van der Waals surface area contributed by atoms with Crippen LogP contribution in [0, 0.1) is 10.1 Å². The third-order valence-electron chi connectivity index (χ3n) is 5.64. The number of methoxy groups -OCH3 is 1. The zero-order chi connectivity index (χ0) is 25.7. The van der Waals surface area contributed by atoms with E-state index >= 15 is 0 Å². The van der Waals surface area contributed by atoms with Gasteiger partial charge >= 0.3 is 0 Å². The van der Waals surface area contributed by atoms with E-state index in [1.807, 2.05) is 25.9 Å². The van der Waals surface area contributed by atoms with E-state index in [9.17, 15) is 24.8 Å². The van der Waals surface area contributed by atoms with Crippen LogP contribution >= 0.6 is 0 Å². The number of aliphatic hydroxyl groups excluding tert-OH is 1. The summed E-state index contributed by atoms with van der Waals surface area (Å²) in [6.45, 7) is 3.16. The molecular weight excluding hydrogens is 454 g/mol. The lowest BCUT2D eigenvalue weighted by Gasteiger charge is -2.27. The van der Waals surface area contributed by atoms with Gasteiger partial charge in [0.15, 0.2) is 11.5 Å². The number of likely N-dealkylation sites (tertiary alicyclic amines) is 1. The summed E-state index contributed by atoms with van der Waals surface area (Å²) >= 11 is 0. The molecule has 0 aliphatic carbocycles. The second kappa shape index (κ2) is 11.0. The SMILES string of the molecule is CCCOc1cc(C2/C(=C(/O)c3ccc([N+](=O)[O-])cc3)C(=O)C(=O)N2CCN(C)C)ccc1OC. The number of ketones is 1. The number of likely N-dealkylation sites (N-methyl/N-ethyl adjacent to an activating group) is 1. The topological polar surface area (TPSA) is 122 Å². The largest absolute Gasteiger partial charge is 0.507 e. The fourth-order valence-corrected chi connectivity index (χ4v) is 3.85. The molecule has 10 heteroatoms. The number of nitrogens with zero attached hydrogens (tertiary/aromatic N) is 3. The van der Waals surface area contributed by atoms with Gasteiger partial charge in [-0.3, -0.25) is 19.7 Å². The molecule has 1 amide bonds. The van der Waals surface area contributed by atoms with Gasteiger partial charge in [0.05, 0.1) is 30.3 Å². The highest BCUT2D eigenvalue weighted by Crippen LogP contribution is 2.42. The zero-order valence-electron chi connectivity index (χ0n) is 20.2. The van der Waals surface area contributed by atoms with Gasteiger partial charge in [-0.25, -0.2) is 0 Å². The minimum Gasteiger partial charge on any atom is -0.507 e. The van der Waals surface area contributed by atoms with E-state index in [0.717, 1.165) is 6.42 Å². The Morgan fingerprint density at radius 2 is 1.83 bits per heavy atom. The van der Waals surface area contributed by atoms with E-state index in [1.165, 1.54) is 36.3 Å². The van der Waals surface area contributed by atoms with E-state index in [-0.39, 0.29) is 23.4 Å². The minimum atomic E-state index is -0.875. The van der Waals surface area contributed by atoms with Gasteiger partial charge in [0.1, 0.15) is 5.76 Å². The molecule has 0 radical (unpaired) electrons. The first-order chi connectivity index (χ1) is 16.7. The molecule has 186 valence electrons. The van der Waals surface area contributed by atoms with Gasteiger partial charge < -0.3 is 24.4 Å². The van der Waals surface area contributed by atoms with Crippen molar-refractivity contribution in [3.63, 3.8) is 0 Å². The van der Waals surface area contributed by atoms with E-state index in [2.05, 4.69) is 0 Å². The number of nitro groups is 1. The van der Waals surface area contributed by atoms with Crippen LogP contribution in [0.3, 0.4) is 0 Å². The summed E-state index contributed by atoms with van der Waals surface area (Å²) in [4.78, 5) is 39.9. The number of non-ortho nitro benzene ring substituents is 1. The number of benzene rings is 2. The summed E-state index contributed by atoms with van der Waals surface area (Å²) < 4.78 is 11.2. The number of carbonyl (C=O) groups is 2. The monoisotopic (exact) mass is 483 g/mol. The van der Waals surface area contributed by atoms with E-state index in [0.29, 0.717) is 30.2 Å². The molecule has 1 saturated heterocycles. The van der Waals surface area contributed by atoms with E-state index in [4.69, 9.17) is 9.47 Å². The van der Waals surface area contributed by atoms with Crippen LogP contribution in [0.2, 0.25) is 0 Å². The van der Waals surface area contributed by atoms with Gasteiger partial charge in [-0.2, -0.15) is 0 Å². The number of aliphatic hydroxyl groups is 1. The molecule has 1 atom stereocenters. The maximum atomic E-state index is 13.1. The molecule has 2 aromatic carbocycles. The number of amides is 1. The van der Waals surface area contributed by atoms with Crippen molar-refractivity contribution in [3.05, 3.63) is 69.3 Å². The lowest BCUT2D eigenvalue weighted by Crippen LogP contribution is -2.35. The summed E-state index contributed by atoms with van der Waals surface area (Å²) in [6, 6.07) is 9.41. The smallest absolute Gasteiger partial charge is 0.295 e. The van der Waals surface area contributed by atoms with Crippen LogP contribution in [0.15, 0.2) is 48.0 Å². The number of rotatable bonds is 10. The Bertz CT molecular complexity index is 1140. The van der Waals surface area contributed by atoms with Crippen LogP contribution in [0.25, 0.3) is 5.76 Å². The van der Waals surface area contributed by atoms with Crippen molar-refractivity contribution in [1.82, 2.24) is 9.80 Å². The molecule has 1 heterocycles. The summed E-state index contributed by atoms with van der Waals surface area (Å²) in [5.74, 6) is -0.991. The molecule has 1 N–H and O–H groups in total. The second-order valence-electron chi connectivity index (χ2n) is 8.36. The quantitative estimate of drug-likeness (QED) is 0.179. The summed E-state index contributed by atoms with van der Waals surface area (Å²) in [5, 5.41) is 22.1. The molecule has 3 rings (SSSR count). The Balaban J connectivity index is 2.16. The number of hydrogen-bond acceptors (Lipinski definition) is 8. The van der Waals surface area contributed by atoms with Crippen molar-refractivity contribution < 1.29 is 29.1 Å². The van der Waals surface area contributed by atoms with Crippen molar-refractivity contribution in [3.8, 4) is 11.5 Å². The molecule has 1 unspecified atom stereocenters. The number of Topliss-reactive ketones (excluding diaryl/α,β-unsaturated/α-hetero) is 1. The molecule has 1 fully saturated rings. The van der Waals surface area contributed by atoms with Gasteiger partial charge in [-0.05, 0) is 50.3 Å². The predicted octanol–water partition coefficient (Wildman–Crippen LogP) is 3.38. The Labute approximate surface area is 203 Å². The lowest BCUT2D eigenvalue weighted by molar-refractivity contribution is -0.384. The highest BCUT2D eigenvalue weighted by molar-refractivity contribution is 6.46. The van der Waals surface area contributed by atoms with Crippen LogP contribution in [-0.2, 0) is 9.59 Å². The third kappa shape index (κ3) is 5.43. The molecule has 35 heavy (non-hydrogen) atoms. The van der Waals surface area contributed by atoms with Crippen LogP contribution in [-0.4, -0.2) is 72.4 Å². The van der Waals surface area contributed by atoms with Crippen LogP contribution in [0.1, 0.15) is 30.5 Å². The lowest BCUT2D eigenvalue weighted by atomic mass is 9.95. The van der Waals surface area contributed by atoms with Gasteiger partial charge in [-0.15, -0.1) is 0 Å². The maximum absolute atomic E-state index is 13.1. The van der Waals surface area contributed by atoms with Crippen LogP contribution in [0.5, 0.6) is 11.5 Å². The van der Waals surface area contributed by atoms with Crippen molar-refractivity contribution in [2.45, 2.75) is 19.4 Å². The molecule has 2 aromatic rings. The average molecular weight is 484 g/mol. The maximum Gasteiger partial charge on any atom is 0.295 e. The highest BCUT2D eigenvalue weighted by atomic mass is 16.6.